The Morgan fingerprint density at radius 3 is 2.52 bits per heavy atom. The molecule has 0 bridgehead atoms. The van der Waals surface area contributed by atoms with Gasteiger partial charge in [-0.1, -0.05) is 61.2 Å². The van der Waals surface area contributed by atoms with Crippen molar-refractivity contribution in [2.75, 3.05) is 6.54 Å². The summed E-state index contributed by atoms with van der Waals surface area (Å²) in [5, 5.41) is 3.84. The fraction of sp³-hybridized carbons (Fsp3) is 0.348. The Morgan fingerprint density at radius 2 is 1.79 bits per heavy atom. The Kier molecular flexibility index (Phi) is 7.09. The van der Waals surface area contributed by atoms with Crippen LogP contribution in [-0.2, 0) is 11.2 Å². The predicted molar refractivity (Wildman–Crippen MR) is 119 cm³/mol. The molecular weight excluding hydrogens is 382 g/mol. The minimum Gasteiger partial charge on any atom is -0.355 e. The lowest BCUT2D eigenvalue weighted by Crippen LogP contribution is -2.33. The van der Waals surface area contributed by atoms with Crippen molar-refractivity contribution in [2.45, 2.75) is 50.1 Å². The molecule has 2 aromatic carbocycles. The van der Waals surface area contributed by atoms with Crippen molar-refractivity contribution in [1.29, 1.82) is 0 Å². The summed E-state index contributed by atoms with van der Waals surface area (Å²) in [5.41, 5.74) is 1.80. The minimum atomic E-state index is -0.353. The molecule has 1 amide bonds. The summed E-state index contributed by atoms with van der Waals surface area (Å²) < 4.78 is 1.72. The number of nitrogens with zero attached hydrogens (tertiary/aromatic N) is 2. The van der Waals surface area contributed by atoms with E-state index in [9.17, 15) is 9.59 Å². The van der Waals surface area contributed by atoms with Gasteiger partial charge in [0.15, 0.2) is 5.16 Å². The zero-order chi connectivity index (χ0) is 20.8. The molecule has 0 saturated carbocycles. The van der Waals surface area contributed by atoms with Crippen LogP contribution in [0.2, 0.25) is 0 Å². The van der Waals surface area contributed by atoms with E-state index in [0.29, 0.717) is 22.6 Å². The van der Waals surface area contributed by atoms with Crippen LogP contribution in [0.3, 0.4) is 0 Å². The van der Waals surface area contributed by atoms with Crippen molar-refractivity contribution in [1.82, 2.24) is 14.9 Å². The molecule has 0 saturated heterocycles. The van der Waals surface area contributed by atoms with Crippen LogP contribution < -0.4 is 10.9 Å². The summed E-state index contributed by atoms with van der Waals surface area (Å²) >= 11 is 1.34. The maximum Gasteiger partial charge on any atom is 0.262 e. The summed E-state index contributed by atoms with van der Waals surface area (Å²) in [4.78, 5) is 30.3. The van der Waals surface area contributed by atoms with E-state index in [2.05, 4.69) is 5.32 Å². The number of thioether (sulfide) groups is 1. The van der Waals surface area contributed by atoms with Crippen molar-refractivity contribution < 1.29 is 4.79 Å². The number of amides is 1. The Hall–Kier alpha value is -2.60. The van der Waals surface area contributed by atoms with Crippen LogP contribution in [0.1, 0.15) is 38.8 Å². The lowest BCUT2D eigenvalue weighted by atomic mass is 10.1. The predicted octanol–water partition coefficient (Wildman–Crippen LogP) is 4.21. The topological polar surface area (TPSA) is 64.0 Å². The summed E-state index contributed by atoms with van der Waals surface area (Å²) in [6, 6.07) is 17.4. The number of fused-ring (bicyclic) bond motifs is 1. The summed E-state index contributed by atoms with van der Waals surface area (Å²) in [5.74, 6) is -0.0518. The zero-order valence-electron chi connectivity index (χ0n) is 17.1. The number of aromatic nitrogens is 2. The summed E-state index contributed by atoms with van der Waals surface area (Å²) in [7, 11) is 0. The second-order valence-corrected chi connectivity index (χ2v) is 8.44. The molecule has 0 radical (unpaired) electrons. The summed E-state index contributed by atoms with van der Waals surface area (Å²) in [6.45, 7) is 6.48. The Morgan fingerprint density at radius 1 is 1.10 bits per heavy atom. The molecule has 3 aromatic rings. The van der Waals surface area contributed by atoms with Crippen LogP contribution in [-0.4, -0.2) is 27.3 Å². The maximum absolute atomic E-state index is 13.0. The molecule has 5 nitrogen and oxygen atoms in total. The fourth-order valence-corrected chi connectivity index (χ4v) is 4.14. The highest BCUT2D eigenvalue weighted by molar-refractivity contribution is 8.00. The average molecular weight is 410 g/mol. The van der Waals surface area contributed by atoms with Crippen molar-refractivity contribution in [3.8, 4) is 0 Å². The molecule has 0 spiro atoms. The van der Waals surface area contributed by atoms with Gasteiger partial charge in [0.25, 0.3) is 5.56 Å². The molecule has 1 N–H and O–H groups in total. The van der Waals surface area contributed by atoms with Gasteiger partial charge in [-0.25, -0.2) is 4.98 Å². The number of rotatable bonds is 8. The van der Waals surface area contributed by atoms with Gasteiger partial charge in [-0.05, 0) is 44.4 Å². The van der Waals surface area contributed by atoms with Crippen molar-refractivity contribution in [3.05, 3.63) is 70.5 Å². The van der Waals surface area contributed by atoms with Crippen LogP contribution in [0, 0.1) is 0 Å². The number of carbonyl (C=O) groups excluding carboxylic acids is 1. The molecule has 2 atom stereocenters. The zero-order valence-corrected chi connectivity index (χ0v) is 17.9. The Balaban J connectivity index is 1.75. The maximum atomic E-state index is 13.0. The molecule has 1 heterocycles. The van der Waals surface area contributed by atoms with Crippen LogP contribution in [0.15, 0.2) is 64.5 Å². The van der Waals surface area contributed by atoms with Gasteiger partial charge in [0.2, 0.25) is 5.91 Å². The highest BCUT2D eigenvalue weighted by Crippen LogP contribution is 2.25. The van der Waals surface area contributed by atoms with E-state index >= 15 is 0 Å². The molecule has 0 aliphatic carbocycles. The average Bonchev–Trinajstić information content (AvgIpc) is 2.74. The normalized spacial score (nSPS) is 13.2. The van der Waals surface area contributed by atoms with E-state index in [0.717, 1.165) is 12.8 Å². The van der Waals surface area contributed by atoms with Gasteiger partial charge >= 0.3 is 0 Å². The van der Waals surface area contributed by atoms with E-state index in [1.165, 1.54) is 17.3 Å². The first kappa shape index (κ1) is 21.1. The van der Waals surface area contributed by atoms with E-state index in [1.807, 2.05) is 69.3 Å². The number of carbonyl (C=O) groups is 1. The van der Waals surface area contributed by atoms with E-state index in [-0.39, 0.29) is 22.8 Å². The highest BCUT2D eigenvalue weighted by atomic mass is 32.2. The van der Waals surface area contributed by atoms with Crippen LogP contribution >= 0.6 is 11.8 Å². The van der Waals surface area contributed by atoms with E-state index in [4.69, 9.17) is 4.98 Å². The smallest absolute Gasteiger partial charge is 0.262 e. The van der Waals surface area contributed by atoms with Crippen LogP contribution in [0.25, 0.3) is 10.9 Å². The lowest BCUT2D eigenvalue weighted by molar-refractivity contribution is -0.120. The molecule has 0 aliphatic rings. The van der Waals surface area contributed by atoms with Crippen LogP contribution in [0.4, 0.5) is 0 Å². The van der Waals surface area contributed by atoms with Crippen LogP contribution in [0.5, 0.6) is 0 Å². The Bertz CT molecular complexity index is 1030. The fourth-order valence-electron chi connectivity index (χ4n) is 3.11. The number of para-hydroxylation sites is 1. The van der Waals surface area contributed by atoms with Gasteiger partial charge < -0.3 is 5.32 Å². The largest absolute Gasteiger partial charge is 0.355 e. The second kappa shape index (κ2) is 9.74. The van der Waals surface area contributed by atoms with Gasteiger partial charge in [-0.15, -0.1) is 0 Å². The van der Waals surface area contributed by atoms with Gasteiger partial charge in [0, 0.05) is 12.6 Å². The molecule has 0 aliphatic heterocycles. The van der Waals surface area contributed by atoms with Gasteiger partial charge in [-0.3, -0.25) is 14.2 Å². The van der Waals surface area contributed by atoms with Gasteiger partial charge in [0.1, 0.15) is 0 Å². The third-order valence-corrected chi connectivity index (χ3v) is 6.08. The third kappa shape index (κ3) is 5.07. The third-order valence-electron chi connectivity index (χ3n) is 5.01. The number of hydrogen-bond donors (Lipinski definition) is 1. The first-order chi connectivity index (χ1) is 14.0. The molecule has 152 valence electrons. The highest BCUT2D eigenvalue weighted by Gasteiger charge is 2.21. The quantitative estimate of drug-likeness (QED) is 0.447. The Labute approximate surface area is 175 Å². The number of hydrogen-bond acceptors (Lipinski definition) is 4. The lowest BCUT2D eigenvalue weighted by Gasteiger charge is -2.20. The molecule has 29 heavy (non-hydrogen) atoms. The molecule has 3 rings (SSSR count). The van der Waals surface area contributed by atoms with Crippen molar-refractivity contribution in [3.63, 3.8) is 0 Å². The first-order valence-corrected chi connectivity index (χ1v) is 10.9. The number of benzene rings is 2. The number of nitrogens with one attached hydrogen (secondary N) is 1. The minimum absolute atomic E-state index is 0.00967. The molecule has 6 heteroatoms. The SMILES string of the molecule is CC[C@@H](C)n1c(S[C@@H](C)C(=O)NCCc2ccccc2)nc2ccccc2c1=O. The van der Waals surface area contributed by atoms with Gasteiger partial charge in [0.05, 0.1) is 16.2 Å². The van der Waals surface area contributed by atoms with Crippen molar-refractivity contribution >= 4 is 28.6 Å². The molecule has 0 fully saturated rings. The van der Waals surface area contributed by atoms with E-state index < -0.39 is 0 Å². The molecular formula is C23H27N3O2S. The molecule has 0 unspecified atom stereocenters. The standard InChI is InChI=1S/C23H27N3O2S/c1-4-16(2)26-22(28)19-12-8-9-13-20(19)25-23(26)29-17(3)21(27)24-15-14-18-10-6-5-7-11-18/h5-13,16-17H,4,14-15H2,1-3H3,(H,24,27)/t16-,17+/m1/s1. The second-order valence-electron chi connectivity index (χ2n) is 7.13. The first-order valence-electron chi connectivity index (χ1n) is 10.0. The van der Waals surface area contributed by atoms with E-state index in [1.54, 1.807) is 10.6 Å². The van der Waals surface area contributed by atoms with Crippen molar-refractivity contribution in [2.24, 2.45) is 0 Å². The summed E-state index contributed by atoms with van der Waals surface area (Å²) in [6.07, 6.45) is 1.60. The van der Waals surface area contributed by atoms with Gasteiger partial charge in [-0.2, -0.15) is 0 Å². The molecule has 1 aromatic heterocycles. The monoisotopic (exact) mass is 409 g/mol.